The number of nitrogens with zero attached hydrogens (tertiary/aromatic N) is 1. The predicted octanol–water partition coefficient (Wildman–Crippen LogP) is 3.99. The minimum atomic E-state index is 0.444. The number of hydrogen-bond acceptors (Lipinski definition) is 2. The van der Waals surface area contributed by atoms with E-state index in [0.717, 1.165) is 24.4 Å². The van der Waals surface area contributed by atoms with Crippen molar-refractivity contribution in [3.05, 3.63) is 64.4 Å². The number of halogens is 1. The third-order valence-corrected chi connectivity index (χ3v) is 4.67. The number of nitrogens with one attached hydrogen (secondary N) is 1. The van der Waals surface area contributed by atoms with E-state index >= 15 is 0 Å². The standard InChI is InChI=1S/C18H21ClN2/c1-2-8-21-18(11-14-7-9-20-12-17(14)19)16-10-13-5-3-4-6-15(13)16/h3-7,9,12,16,18,21H,2,8,10-11H2,1H3. The molecular weight excluding hydrogens is 280 g/mol. The van der Waals surface area contributed by atoms with Gasteiger partial charge in [0.05, 0.1) is 5.02 Å². The van der Waals surface area contributed by atoms with Crippen molar-refractivity contribution < 1.29 is 0 Å². The summed E-state index contributed by atoms with van der Waals surface area (Å²) in [7, 11) is 0. The highest BCUT2D eigenvalue weighted by Gasteiger charge is 2.32. The van der Waals surface area contributed by atoms with Crippen molar-refractivity contribution in [3.8, 4) is 0 Å². The van der Waals surface area contributed by atoms with E-state index in [4.69, 9.17) is 11.6 Å². The first kappa shape index (κ1) is 14.6. The lowest BCUT2D eigenvalue weighted by atomic mass is 9.72. The lowest BCUT2D eigenvalue weighted by molar-refractivity contribution is 0.397. The molecule has 1 aliphatic rings. The van der Waals surface area contributed by atoms with Crippen molar-refractivity contribution in [2.75, 3.05) is 6.54 Å². The Labute approximate surface area is 131 Å². The van der Waals surface area contributed by atoms with Gasteiger partial charge >= 0.3 is 0 Å². The second-order valence-corrected chi connectivity index (χ2v) is 6.15. The smallest absolute Gasteiger partial charge is 0.0621 e. The number of pyridine rings is 1. The highest BCUT2D eigenvalue weighted by Crippen LogP contribution is 2.38. The molecule has 21 heavy (non-hydrogen) atoms. The van der Waals surface area contributed by atoms with Crippen LogP contribution in [0.5, 0.6) is 0 Å². The van der Waals surface area contributed by atoms with E-state index in [9.17, 15) is 0 Å². The van der Waals surface area contributed by atoms with E-state index in [1.807, 2.05) is 12.3 Å². The molecule has 2 unspecified atom stereocenters. The lowest BCUT2D eigenvalue weighted by Crippen LogP contribution is -2.42. The zero-order valence-corrected chi connectivity index (χ0v) is 13.1. The quantitative estimate of drug-likeness (QED) is 0.872. The predicted molar refractivity (Wildman–Crippen MR) is 87.9 cm³/mol. The van der Waals surface area contributed by atoms with Gasteiger partial charge in [-0.15, -0.1) is 0 Å². The van der Waals surface area contributed by atoms with E-state index in [1.165, 1.54) is 23.1 Å². The zero-order valence-electron chi connectivity index (χ0n) is 12.3. The van der Waals surface area contributed by atoms with E-state index in [-0.39, 0.29) is 0 Å². The summed E-state index contributed by atoms with van der Waals surface area (Å²) in [6.07, 6.45) is 6.84. The van der Waals surface area contributed by atoms with E-state index < -0.39 is 0 Å². The van der Waals surface area contributed by atoms with Crippen molar-refractivity contribution in [3.63, 3.8) is 0 Å². The molecule has 0 spiro atoms. The monoisotopic (exact) mass is 300 g/mol. The molecule has 3 heteroatoms. The zero-order chi connectivity index (χ0) is 14.7. The van der Waals surface area contributed by atoms with Crippen molar-refractivity contribution in [1.82, 2.24) is 10.3 Å². The Kier molecular flexibility index (Phi) is 4.57. The molecule has 1 N–H and O–H groups in total. The summed E-state index contributed by atoms with van der Waals surface area (Å²) in [5.41, 5.74) is 4.17. The molecule has 1 aromatic heterocycles. The van der Waals surface area contributed by atoms with E-state index in [0.29, 0.717) is 12.0 Å². The van der Waals surface area contributed by atoms with Crippen molar-refractivity contribution in [2.45, 2.75) is 38.1 Å². The SMILES string of the molecule is CCCNC(Cc1ccncc1Cl)C1Cc2ccccc21. The number of hydrogen-bond donors (Lipinski definition) is 1. The molecule has 0 fully saturated rings. The summed E-state index contributed by atoms with van der Waals surface area (Å²) in [5.74, 6) is 0.594. The minimum Gasteiger partial charge on any atom is -0.313 e. The van der Waals surface area contributed by atoms with Crippen molar-refractivity contribution >= 4 is 11.6 Å². The average Bonchev–Trinajstić information content (AvgIpc) is 2.48. The van der Waals surface area contributed by atoms with Gasteiger partial charge in [0.15, 0.2) is 0 Å². The molecule has 1 heterocycles. The number of benzene rings is 1. The van der Waals surface area contributed by atoms with Crippen LogP contribution in [0.25, 0.3) is 0 Å². The van der Waals surface area contributed by atoms with Gasteiger partial charge in [-0.3, -0.25) is 4.98 Å². The molecule has 2 aromatic rings. The summed E-state index contributed by atoms with van der Waals surface area (Å²) < 4.78 is 0. The van der Waals surface area contributed by atoms with E-state index in [1.54, 1.807) is 6.20 Å². The van der Waals surface area contributed by atoms with Gasteiger partial charge in [0.1, 0.15) is 0 Å². The van der Waals surface area contributed by atoms with Crippen LogP contribution in [0.15, 0.2) is 42.7 Å². The Hall–Kier alpha value is -1.38. The molecule has 0 saturated carbocycles. The fraction of sp³-hybridized carbons (Fsp3) is 0.389. The van der Waals surface area contributed by atoms with Crippen molar-refractivity contribution in [1.29, 1.82) is 0 Å². The topological polar surface area (TPSA) is 24.9 Å². The van der Waals surface area contributed by atoms with Gasteiger partial charge in [0, 0.05) is 24.4 Å². The molecule has 0 radical (unpaired) electrons. The molecule has 0 aliphatic heterocycles. The molecule has 1 aliphatic carbocycles. The lowest BCUT2D eigenvalue weighted by Gasteiger charge is -2.37. The molecule has 110 valence electrons. The Morgan fingerprint density at radius 2 is 2.19 bits per heavy atom. The maximum absolute atomic E-state index is 6.28. The van der Waals surface area contributed by atoms with Crippen LogP contribution in [0.2, 0.25) is 5.02 Å². The van der Waals surface area contributed by atoms with Crippen LogP contribution in [0.1, 0.15) is 36.0 Å². The first-order valence-corrected chi connectivity index (χ1v) is 8.07. The third kappa shape index (κ3) is 3.12. The van der Waals surface area contributed by atoms with Crippen LogP contribution in [-0.4, -0.2) is 17.6 Å². The molecular formula is C18H21ClN2. The Bertz CT molecular complexity index is 612. The summed E-state index contributed by atoms with van der Waals surface area (Å²) in [4.78, 5) is 4.08. The van der Waals surface area contributed by atoms with Crippen LogP contribution >= 0.6 is 11.6 Å². The normalized spacial score (nSPS) is 17.9. The highest BCUT2D eigenvalue weighted by atomic mass is 35.5. The van der Waals surface area contributed by atoms with Crippen molar-refractivity contribution in [2.24, 2.45) is 0 Å². The van der Waals surface area contributed by atoms with Crippen LogP contribution in [0.3, 0.4) is 0 Å². The fourth-order valence-corrected chi connectivity index (χ4v) is 3.35. The second kappa shape index (κ2) is 6.59. The average molecular weight is 301 g/mol. The maximum Gasteiger partial charge on any atom is 0.0621 e. The highest BCUT2D eigenvalue weighted by molar-refractivity contribution is 6.31. The summed E-state index contributed by atoms with van der Waals surface area (Å²) in [6, 6.07) is 11.2. The molecule has 2 atom stereocenters. The minimum absolute atomic E-state index is 0.444. The number of aromatic nitrogens is 1. The Morgan fingerprint density at radius 1 is 1.33 bits per heavy atom. The summed E-state index contributed by atoms with van der Waals surface area (Å²) >= 11 is 6.28. The largest absolute Gasteiger partial charge is 0.313 e. The number of fused-ring (bicyclic) bond motifs is 1. The van der Waals surface area contributed by atoms with Crippen LogP contribution in [-0.2, 0) is 12.8 Å². The van der Waals surface area contributed by atoms with Gasteiger partial charge < -0.3 is 5.32 Å². The van der Waals surface area contributed by atoms with E-state index in [2.05, 4.69) is 41.5 Å². The van der Waals surface area contributed by atoms with Gasteiger partial charge in [-0.2, -0.15) is 0 Å². The summed E-state index contributed by atoms with van der Waals surface area (Å²) in [6.45, 7) is 3.25. The fourth-order valence-electron chi connectivity index (χ4n) is 3.15. The Morgan fingerprint density at radius 3 is 2.95 bits per heavy atom. The Balaban J connectivity index is 1.78. The second-order valence-electron chi connectivity index (χ2n) is 5.74. The van der Waals surface area contributed by atoms with Crippen LogP contribution in [0, 0.1) is 0 Å². The van der Waals surface area contributed by atoms with Crippen LogP contribution in [0.4, 0.5) is 0 Å². The summed E-state index contributed by atoms with van der Waals surface area (Å²) in [5, 5.41) is 4.48. The van der Waals surface area contributed by atoms with Crippen LogP contribution < -0.4 is 5.32 Å². The number of rotatable bonds is 6. The van der Waals surface area contributed by atoms with Gasteiger partial charge in [0.25, 0.3) is 0 Å². The first-order chi connectivity index (χ1) is 10.3. The third-order valence-electron chi connectivity index (χ3n) is 4.33. The molecule has 3 rings (SSSR count). The molecule has 0 bridgehead atoms. The maximum atomic E-state index is 6.28. The molecule has 2 nitrogen and oxygen atoms in total. The molecule has 0 saturated heterocycles. The van der Waals surface area contributed by atoms with Gasteiger partial charge in [-0.1, -0.05) is 42.8 Å². The van der Waals surface area contributed by atoms with Gasteiger partial charge in [0.2, 0.25) is 0 Å². The molecule has 1 aromatic carbocycles. The first-order valence-electron chi connectivity index (χ1n) is 7.69. The van der Waals surface area contributed by atoms with Gasteiger partial charge in [-0.25, -0.2) is 0 Å². The van der Waals surface area contributed by atoms with Gasteiger partial charge in [-0.05, 0) is 48.6 Å². The molecule has 0 amide bonds.